The normalized spacial score (nSPS) is 17.4. The Balaban J connectivity index is 1.49. The molecule has 1 aliphatic heterocycles. The highest BCUT2D eigenvalue weighted by atomic mass is 32.1. The fourth-order valence-electron chi connectivity index (χ4n) is 3.14. The van der Waals surface area contributed by atoms with E-state index in [4.69, 9.17) is 4.52 Å². The molecule has 0 aliphatic carbocycles. The number of hydrogen-bond donors (Lipinski definition) is 0. The zero-order valence-electron chi connectivity index (χ0n) is 14.0. The van der Waals surface area contributed by atoms with Crippen molar-refractivity contribution < 1.29 is 9.32 Å². The molecule has 0 saturated carbocycles. The van der Waals surface area contributed by atoms with Crippen molar-refractivity contribution in [3.63, 3.8) is 0 Å². The molecule has 1 amide bonds. The molecule has 2 aromatic heterocycles. The largest absolute Gasteiger partial charge is 0.339 e. The first-order valence-electron chi connectivity index (χ1n) is 8.47. The number of carbonyl (C=O) groups is 1. The Kier molecular flexibility index (Phi) is 4.36. The molecular weight excluding hydrogens is 334 g/mol. The van der Waals surface area contributed by atoms with Crippen molar-refractivity contribution in [2.24, 2.45) is 0 Å². The van der Waals surface area contributed by atoms with Crippen LogP contribution in [0.1, 0.15) is 41.4 Å². The van der Waals surface area contributed by atoms with Crippen LogP contribution in [0.3, 0.4) is 0 Å². The highest BCUT2D eigenvalue weighted by Gasteiger charge is 2.34. The highest BCUT2D eigenvalue weighted by Crippen LogP contribution is 2.31. The first-order chi connectivity index (χ1) is 12.2. The maximum absolute atomic E-state index is 12.5. The Hall–Kier alpha value is -2.47. The standard InChI is InChI=1S/C19H19N3O2S/c1-2-13-5-3-6-15(9-13)22-12-14(10-18(22)23)19-20-17(24-21-19)11-16-7-4-8-25-16/h3-9,14H,2,10-12H2,1H3. The maximum Gasteiger partial charge on any atom is 0.231 e. The average molecular weight is 353 g/mol. The van der Waals surface area contributed by atoms with Gasteiger partial charge in [-0.3, -0.25) is 4.79 Å². The Morgan fingerprint density at radius 1 is 1.32 bits per heavy atom. The van der Waals surface area contributed by atoms with E-state index in [9.17, 15) is 4.79 Å². The lowest BCUT2D eigenvalue weighted by Crippen LogP contribution is -2.24. The van der Waals surface area contributed by atoms with Gasteiger partial charge in [-0.1, -0.05) is 30.3 Å². The number of amides is 1. The number of anilines is 1. The lowest BCUT2D eigenvalue weighted by atomic mass is 10.1. The number of aromatic nitrogens is 2. The molecule has 128 valence electrons. The second-order valence-electron chi connectivity index (χ2n) is 6.23. The van der Waals surface area contributed by atoms with Gasteiger partial charge in [0.1, 0.15) is 0 Å². The van der Waals surface area contributed by atoms with E-state index in [1.807, 2.05) is 28.5 Å². The molecular formula is C19H19N3O2S. The maximum atomic E-state index is 12.5. The van der Waals surface area contributed by atoms with Crippen molar-refractivity contribution in [3.05, 3.63) is 63.9 Å². The van der Waals surface area contributed by atoms with Gasteiger partial charge in [0.15, 0.2) is 5.82 Å². The molecule has 3 aromatic rings. The van der Waals surface area contributed by atoms with Crippen LogP contribution in [-0.2, 0) is 17.6 Å². The van der Waals surface area contributed by atoms with Gasteiger partial charge in [-0.2, -0.15) is 4.98 Å². The fraction of sp³-hybridized carbons (Fsp3) is 0.316. The third kappa shape index (κ3) is 3.35. The van der Waals surface area contributed by atoms with Crippen LogP contribution in [0.4, 0.5) is 5.69 Å². The molecule has 25 heavy (non-hydrogen) atoms. The molecule has 4 rings (SSSR count). The van der Waals surface area contributed by atoms with Crippen molar-refractivity contribution >= 4 is 22.9 Å². The third-order valence-electron chi connectivity index (χ3n) is 4.51. The topological polar surface area (TPSA) is 59.2 Å². The van der Waals surface area contributed by atoms with Crippen molar-refractivity contribution in [2.45, 2.75) is 32.1 Å². The predicted octanol–water partition coefficient (Wildman–Crippen LogP) is 3.80. The first-order valence-corrected chi connectivity index (χ1v) is 9.35. The molecule has 1 atom stereocenters. The van der Waals surface area contributed by atoms with Crippen LogP contribution in [0.5, 0.6) is 0 Å². The zero-order chi connectivity index (χ0) is 17.2. The molecule has 3 heterocycles. The molecule has 1 saturated heterocycles. The number of thiophene rings is 1. The van der Waals surface area contributed by atoms with Gasteiger partial charge in [-0.05, 0) is 35.6 Å². The lowest BCUT2D eigenvalue weighted by molar-refractivity contribution is -0.117. The molecule has 5 nitrogen and oxygen atoms in total. The van der Waals surface area contributed by atoms with E-state index in [-0.39, 0.29) is 11.8 Å². The summed E-state index contributed by atoms with van der Waals surface area (Å²) in [6.07, 6.45) is 2.03. The predicted molar refractivity (Wildman–Crippen MR) is 97.0 cm³/mol. The highest BCUT2D eigenvalue weighted by molar-refractivity contribution is 7.09. The van der Waals surface area contributed by atoms with E-state index in [0.29, 0.717) is 31.1 Å². The van der Waals surface area contributed by atoms with Crippen molar-refractivity contribution in [2.75, 3.05) is 11.4 Å². The van der Waals surface area contributed by atoms with Crippen LogP contribution in [-0.4, -0.2) is 22.6 Å². The molecule has 0 N–H and O–H groups in total. The number of hydrogen-bond acceptors (Lipinski definition) is 5. The molecule has 1 aromatic carbocycles. The Bertz CT molecular complexity index is 872. The minimum Gasteiger partial charge on any atom is -0.339 e. The van der Waals surface area contributed by atoms with Gasteiger partial charge in [-0.15, -0.1) is 11.3 Å². The van der Waals surface area contributed by atoms with Gasteiger partial charge in [0, 0.05) is 29.4 Å². The monoisotopic (exact) mass is 353 g/mol. The molecule has 0 bridgehead atoms. The van der Waals surface area contributed by atoms with Crippen molar-refractivity contribution in [3.8, 4) is 0 Å². The summed E-state index contributed by atoms with van der Waals surface area (Å²) in [5.74, 6) is 1.34. The molecule has 6 heteroatoms. The number of aryl methyl sites for hydroxylation is 1. The summed E-state index contributed by atoms with van der Waals surface area (Å²) >= 11 is 1.67. The van der Waals surface area contributed by atoms with E-state index >= 15 is 0 Å². The van der Waals surface area contributed by atoms with E-state index < -0.39 is 0 Å². The Morgan fingerprint density at radius 2 is 2.24 bits per heavy atom. The molecule has 0 spiro atoms. The van der Waals surface area contributed by atoms with Crippen LogP contribution >= 0.6 is 11.3 Å². The Morgan fingerprint density at radius 3 is 3.04 bits per heavy atom. The van der Waals surface area contributed by atoms with E-state index in [1.54, 1.807) is 11.3 Å². The molecule has 1 unspecified atom stereocenters. The number of benzene rings is 1. The molecule has 1 fully saturated rings. The fourth-order valence-corrected chi connectivity index (χ4v) is 3.84. The minimum absolute atomic E-state index is 0.0152. The summed E-state index contributed by atoms with van der Waals surface area (Å²) < 4.78 is 5.38. The summed E-state index contributed by atoms with van der Waals surface area (Å²) in [5.41, 5.74) is 2.18. The number of carbonyl (C=O) groups excluding carboxylic acids is 1. The van der Waals surface area contributed by atoms with Gasteiger partial charge in [0.2, 0.25) is 11.8 Å². The summed E-state index contributed by atoms with van der Waals surface area (Å²) in [7, 11) is 0. The third-order valence-corrected chi connectivity index (χ3v) is 5.39. The van der Waals surface area contributed by atoms with Gasteiger partial charge in [-0.25, -0.2) is 0 Å². The van der Waals surface area contributed by atoms with Crippen LogP contribution in [0, 0.1) is 0 Å². The van der Waals surface area contributed by atoms with Crippen molar-refractivity contribution in [1.82, 2.24) is 10.1 Å². The van der Waals surface area contributed by atoms with Crippen molar-refractivity contribution in [1.29, 1.82) is 0 Å². The Labute approximate surface area is 150 Å². The second-order valence-corrected chi connectivity index (χ2v) is 7.26. The van der Waals surface area contributed by atoms with E-state index in [0.717, 1.165) is 12.1 Å². The van der Waals surface area contributed by atoms with Crippen LogP contribution < -0.4 is 4.90 Å². The average Bonchev–Trinajstić information content (AvgIpc) is 3.36. The van der Waals surface area contributed by atoms with Gasteiger partial charge in [0.25, 0.3) is 0 Å². The van der Waals surface area contributed by atoms with Crippen LogP contribution in [0.25, 0.3) is 0 Å². The first kappa shape index (κ1) is 16.0. The second kappa shape index (κ2) is 6.80. The quantitative estimate of drug-likeness (QED) is 0.700. The summed E-state index contributed by atoms with van der Waals surface area (Å²) in [6.45, 7) is 2.71. The summed E-state index contributed by atoms with van der Waals surface area (Å²) in [4.78, 5) is 20.0. The van der Waals surface area contributed by atoms with Gasteiger partial charge >= 0.3 is 0 Å². The molecule has 0 radical (unpaired) electrons. The summed E-state index contributed by atoms with van der Waals surface area (Å²) in [5, 5.41) is 6.15. The number of rotatable bonds is 5. The minimum atomic E-state index is -0.0152. The SMILES string of the molecule is CCc1cccc(N2CC(c3noc(Cc4cccs4)n3)CC2=O)c1. The van der Waals surface area contributed by atoms with Gasteiger partial charge in [0.05, 0.1) is 6.42 Å². The summed E-state index contributed by atoms with van der Waals surface area (Å²) in [6, 6.07) is 12.2. The van der Waals surface area contributed by atoms with E-state index in [2.05, 4.69) is 35.3 Å². The van der Waals surface area contributed by atoms with E-state index in [1.165, 1.54) is 10.4 Å². The zero-order valence-corrected chi connectivity index (χ0v) is 14.8. The number of nitrogens with zero attached hydrogens (tertiary/aromatic N) is 3. The van der Waals surface area contributed by atoms with Crippen LogP contribution in [0.2, 0.25) is 0 Å². The smallest absolute Gasteiger partial charge is 0.231 e. The van der Waals surface area contributed by atoms with Gasteiger partial charge < -0.3 is 9.42 Å². The lowest BCUT2D eigenvalue weighted by Gasteiger charge is -2.17. The van der Waals surface area contributed by atoms with Crippen LogP contribution in [0.15, 0.2) is 46.3 Å². The molecule has 1 aliphatic rings.